The molecule has 5 nitrogen and oxygen atoms in total. The van der Waals surface area contributed by atoms with Crippen molar-refractivity contribution < 1.29 is 4.79 Å². The van der Waals surface area contributed by atoms with Crippen LogP contribution in [0.15, 0.2) is 23.1 Å². The molecule has 0 aliphatic rings. The third kappa shape index (κ3) is 3.86. The summed E-state index contributed by atoms with van der Waals surface area (Å²) in [6.45, 7) is -0.369. The first-order valence-corrected chi connectivity index (χ1v) is 7.54. The van der Waals surface area contributed by atoms with Gasteiger partial charge in [0.05, 0.1) is 32.0 Å². The van der Waals surface area contributed by atoms with Crippen LogP contribution in [0, 0.1) is 0 Å². The van der Waals surface area contributed by atoms with E-state index in [9.17, 15) is 9.59 Å². The van der Waals surface area contributed by atoms with Crippen LogP contribution in [0.4, 0.5) is 5.69 Å². The highest BCUT2D eigenvalue weighted by atomic mass is 35.5. The second-order valence-electron chi connectivity index (χ2n) is 4.06. The van der Waals surface area contributed by atoms with Gasteiger partial charge in [-0.05, 0) is 12.1 Å². The Morgan fingerprint density at radius 3 is 2.36 bits per heavy atom. The second kappa shape index (κ2) is 7.06. The minimum atomic E-state index is -0.676. The van der Waals surface area contributed by atoms with E-state index in [1.54, 1.807) is 0 Å². The van der Waals surface area contributed by atoms with Gasteiger partial charge in [-0.1, -0.05) is 58.0 Å². The summed E-state index contributed by atoms with van der Waals surface area (Å²) < 4.78 is 0.870. The number of nitrogens with one attached hydrogen (secondary N) is 1. The van der Waals surface area contributed by atoms with Gasteiger partial charge >= 0.3 is 0 Å². The molecule has 22 heavy (non-hydrogen) atoms. The van der Waals surface area contributed by atoms with Crippen molar-refractivity contribution >= 4 is 69.6 Å². The van der Waals surface area contributed by atoms with E-state index in [2.05, 4.69) is 10.4 Å². The monoisotopic (exact) mass is 399 g/mol. The van der Waals surface area contributed by atoms with Crippen molar-refractivity contribution in [3.63, 3.8) is 0 Å². The summed E-state index contributed by atoms with van der Waals surface area (Å²) in [5.74, 6) is -0.548. The molecule has 0 fully saturated rings. The van der Waals surface area contributed by atoms with Crippen molar-refractivity contribution in [2.75, 3.05) is 5.32 Å². The number of carbonyl (C=O) groups is 1. The van der Waals surface area contributed by atoms with Crippen LogP contribution < -0.4 is 10.9 Å². The average Bonchev–Trinajstić information content (AvgIpc) is 2.45. The molecule has 0 aliphatic heterocycles. The minimum absolute atomic E-state index is 0.0100. The van der Waals surface area contributed by atoms with Gasteiger partial charge in [-0.15, -0.1) is 0 Å². The van der Waals surface area contributed by atoms with Crippen molar-refractivity contribution in [2.45, 2.75) is 6.54 Å². The van der Waals surface area contributed by atoms with Crippen molar-refractivity contribution in [2.24, 2.45) is 0 Å². The fraction of sp³-hybridized carbons (Fsp3) is 0.0833. The van der Waals surface area contributed by atoms with Gasteiger partial charge in [0.25, 0.3) is 5.56 Å². The van der Waals surface area contributed by atoms with Crippen molar-refractivity contribution in [3.8, 4) is 0 Å². The Balaban J connectivity index is 2.20. The Bertz CT molecular complexity index is 806. The molecule has 1 N–H and O–H groups in total. The Morgan fingerprint density at radius 2 is 1.68 bits per heavy atom. The third-order valence-electron chi connectivity index (χ3n) is 2.52. The average molecular weight is 401 g/mol. The lowest BCUT2D eigenvalue weighted by molar-refractivity contribution is -0.117. The number of halogens is 5. The van der Waals surface area contributed by atoms with Crippen molar-refractivity contribution in [3.05, 3.63) is 53.8 Å². The largest absolute Gasteiger partial charge is 0.323 e. The summed E-state index contributed by atoms with van der Waals surface area (Å²) in [6.07, 6.45) is 1.17. The zero-order chi connectivity index (χ0) is 16.4. The highest BCUT2D eigenvalue weighted by Crippen LogP contribution is 2.32. The zero-order valence-corrected chi connectivity index (χ0v) is 14.3. The lowest BCUT2D eigenvalue weighted by Crippen LogP contribution is -2.29. The summed E-state index contributed by atoms with van der Waals surface area (Å²) in [5.41, 5.74) is -0.418. The van der Waals surface area contributed by atoms with Crippen LogP contribution in [0.25, 0.3) is 0 Å². The van der Waals surface area contributed by atoms with Gasteiger partial charge < -0.3 is 5.32 Å². The molecular weight excluding hydrogens is 395 g/mol. The summed E-state index contributed by atoms with van der Waals surface area (Å²) in [7, 11) is 0. The maximum atomic E-state index is 12.0. The Kier molecular flexibility index (Phi) is 5.58. The summed E-state index contributed by atoms with van der Waals surface area (Å²) in [4.78, 5) is 23.7. The smallest absolute Gasteiger partial charge is 0.287 e. The number of nitrogens with zero attached hydrogens (tertiary/aromatic N) is 2. The summed E-state index contributed by atoms with van der Waals surface area (Å²) in [5, 5.41) is 6.71. The zero-order valence-electron chi connectivity index (χ0n) is 10.5. The molecule has 116 valence electrons. The topological polar surface area (TPSA) is 64.0 Å². The van der Waals surface area contributed by atoms with Crippen LogP contribution in [-0.2, 0) is 11.3 Å². The highest BCUT2D eigenvalue weighted by Gasteiger charge is 2.13. The maximum Gasteiger partial charge on any atom is 0.287 e. The van der Waals surface area contributed by atoms with Gasteiger partial charge in [0.2, 0.25) is 5.91 Å². The van der Waals surface area contributed by atoms with Gasteiger partial charge in [-0.3, -0.25) is 9.59 Å². The van der Waals surface area contributed by atoms with Crippen LogP contribution in [-0.4, -0.2) is 15.7 Å². The quantitative estimate of drug-likeness (QED) is 0.786. The van der Waals surface area contributed by atoms with Gasteiger partial charge in [0, 0.05) is 0 Å². The number of anilines is 1. The van der Waals surface area contributed by atoms with Crippen molar-refractivity contribution in [1.29, 1.82) is 0 Å². The van der Waals surface area contributed by atoms with Gasteiger partial charge in [-0.2, -0.15) is 5.10 Å². The standard InChI is InChI=1S/C12H6Cl5N3O2/c13-5-1-7(15)9(2-6(5)14)19-10(21)4-20-12(22)11(17)8(16)3-18-20/h1-3H,4H2,(H,19,21). The van der Waals surface area contributed by atoms with Crippen LogP contribution in [0.3, 0.4) is 0 Å². The maximum absolute atomic E-state index is 12.0. The minimum Gasteiger partial charge on any atom is -0.323 e. The Labute approximate surface area is 149 Å². The van der Waals surface area contributed by atoms with E-state index in [4.69, 9.17) is 58.0 Å². The van der Waals surface area contributed by atoms with E-state index in [0.29, 0.717) is 0 Å². The second-order valence-corrected chi connectivity index (χ2v) is 6.07. The fourth-order valence-corrected chi connectivity index (χ4v) is 2.37. The molecule has 1 aromatic heterocycles. The number of hydrogen-bond acceptors (Lipinski definition) is 3. The molecule has 0 atom stereocenters. The van der Waals surface area contributed by atoms with Crippen LogP contribution in [0.5, 0.6) is 0 Å². The molecule has 1 heterocycles. The predicted molar refractivity (Wildman–Crippen MR) is 88.6 cm³/mol. The molecular formula is C12H6Cl5N3O2. The Morgan fingerprint density at radius 1 is 1.05 bits per heavy atom. The van der Waals surface area contributed by atoms with Gasteiger partial charge in [0.15, 0.2) is 0 Å². The van der Waals surface area contributed by atoms with E-state index < -0.39 is 11.5 Å². The number of benzene rings is 1. The first kappa shape index (κ1) is 17.4. The first-order valence-electron chi connectivity index (χ1n) is 5.65. The molecule has 1 aromatic carbocycles. The molecule has 2 rings (SSSR count). The first-order chi connectivity index (χ1) is 10.3. The van der Waals surface area contributed by atoms with E-state index in [-0.39, 0.29) is 37.3 Å². The number of rotatable bonds is 3. The van der Waals surface area contributed by atoms with Gasteiger partial charge in [0.1, 0.15) is 11.6 Å². The molecule has 0 aliphatic carbocycles. The number of amides is 1. The molecule has 0 bridgehead atoms. The SMILES string of the molecule is O=C(Cn1ncc(Cl)c(Cl)c1=O)Nc1cc(Cl)c(Cl)cc1Cl. The summed E-state index contributed by atoms with van der Waals surface area (Å²) >= 11 is 28.9. The third-order valence-corrected chi connectivity index (χ3v) is 4.30. The van der Waals surface area contributed by atoms with Crippen LogP contribution >= 0.6 is 58.0 Å². The van der Waals surface area contributed by atoms with Crippen molar-refractivity contribution in [1.82, 2.24) is 9.78 Å². The normalized spacial score (nSPS) is 10.6. The molecule has 0 radical (unpaired) electrons. The number of aromatic nitrogens is 2. The lowest BCUT2D eigenvalue weighted by Gasteiger charge is -2.09. The highest BCUT2D eigenvalue weighted by molar-refractivity contribution is 6.44. The van der Waals surface area contributed by atoms with E-state index in [1.165, 1.54) is 18.3 Å². The predicted octanol–water partition coefficient (Wildman–Crippen LogP) is 4.15. The van der Waals surface area contributed by atoms with E-state index in [1.807, 2.05) is 0 Å². The van der Waals surface area contributed by atoms with Gasteiger partial charge in [-0.25, -0.2) is 4.68 Å². The van der Waals surface area contributed by atoms with E-state index >= 15 is 0 Å². The molecule has 2 aromatic rings. The van der Waals surface area contributed by atoms with E-state index in [0.717, 1.165) is 4.68 Å². The summed E-state index contributed by atoms with van der Waals surface area (Å²) in [6, 6.07) is 2.79. The van der Waals surface area contributed by atoms with Crippen LogP contribution in [0.1, 0.15) is 0 Å². The van der Waals surface area contributed by atoms with Crippen LogP contribution in [0.2, 0.25) is 25.1 Å². The lowest BCUT2D eigenvalue weighted by atomic mass is 10.3. The number of carbonyl (C=O) groups excluding carboxylic acids is 1. The molecule has 0 spiro atoms. The molecule has 0 unspecified atom stereocenters. The number of hydrogen-bond donors (Lipinski definition) is 1. The fourth-order valence-electron chi connectivity index (χ4n) is 1.50. The molecule has 0 saturated heterocycles. The molecule has 1 amide bonds. The molecule has 10 heteroatoms. The molecule has 0 saturated carbocycles. The Hall–Kier alpha value is -0.980.